The van der Waals surface area contributed by atoms with Crippen molar-refractivity contribution >= 4 is 29.1 Å². The van der Waals surface area contributed by atoms with Gasteiger partial charge in [0.15, 0.2) is 0 Å². The first kappa shape index (κ1) is 21.8. The number of imidazole rings is 1. The van der Waals surface area contributed by atoms with Crippen molar-refractivity contribution in [1.82, 2.24) is 14.5 Å². The monoisotopic (exact) mass is 450 g/mol. The number of amides is 2. The summed E-state index contributed by atoms with van der Waals surface area (Å²) in [6, 6.07) is 16.9. The van der Waals surface area contributed by atoms with E-state index in [1.165, 1.54) is 12.3 Å². The molecular formula is C24H23ClN4O3. The summed E-state index contributed by atoms with van der Waals surface area (Å²) in [6.45, 7) is 2.18. The maximum atomic E-state index is 12.7. The van der Waals surface area contributed by atoms with Crippen LogP contribution in [0.4, 0.5) is 5.69 Å². The summed E-state index contributed by atoms with van der Waals surface area (Å²) in [4.78, 5) is 31.2. The van der Waals surface area contributed by atoms with Crippen molar-refractivity contribution in [3.05, 3.63) is 95.1 Å². The Bertz CT molecular complexity index is 1130. The van der Waals surface area contributed by atoms with Gasteiger partial charge in [0.05, 0.1) is 36.7 Å². The Balaban J connectivity index is 1.30. The molecule has 1 aliphatic rings. The number of aromatic nitrogens is 2. The van der Waals surface area contributed by atoms with E-state index in [0.717, 1.165) is 5.56 Å². The second-order valence-corrected chi connectivity index (χ2v) is 7.72. The van der Waals surface area contributed by atoms with Crippen molar-refractivity contribution in [2.75, 3.05) is 18.5 Å². The van der Waals surface area contributed by atoms with Crippen molar-refractivity contribution < 1.29 is 14.3 Å². The van der Waals surface area contributed by atoms with Crippen LogP contribution in [0.5, 0.6) is 0 Å². The van der Waals surface area contributed by atoms with Crippen LogP contribution in [0.2, 0.25) is 5.02 Å². The molecule has 0 unspecified atom stereocenters. The Morgan fingerprint density at radius 1 is 1.09 bits per heavy atom. The Morgan fingerprint density at radius 3 is 2.69 bits per heavy atom. The molecule has 2 heterocycles. The van der Waals surface area contributed by atoms with Crippen LogP contribution in [0.25, 0.3) is 0 Å². The highest BCUT2D eigenvalue weighted by molar-refractivity contribution is 6.33. The molecule has 0 aliphatic carbocycles. The van der Waals surface area contributed by atoms with E-state index in [4.69, 9.17) is 16.3 Å². The van der Waals surface area contributed by atoms with Crippen LogP contribution in [0, 0.1) is 0 Å². The number of anilines is 1. The van der Waals surface area contributed by atoms with Gasteiger partial charge < -0.3 is 19.5 Å². The fraction of sp³-hybridized carbons (Fsp3) is 0.208. The highest BCUT2D eigenvalue weighted by Gasteiger charge is 2.25. The number of hydrogen-bond acceptors (Lipinski definition) is 4. The van der Waals surface area contributed by atoms with E-state index < -0.39 is 0 Å². The van der Waals surface area contributed by atoms with Gasteiger partial charge in [-0.1, -0.05) is 60.1 Å². The van der Waals surface area contributed by atoms with Gasteiger partial charge >= 0.3 is 0 Å². The maximum absolute atomic E-state index is 12.7. The molecule has 0 spiro atoms. The SMILES string of the molecule is O=C(Nc1ccccc1Cl)c1cnc2n1CCN(C(=O)/C=C/COCc1ccccc1)C2. The summed E-state index contributed by atoms with van der Waals surface area (Å²) in [5, 5.41) is 3.28. The van der Waals surface area contributed by atoms with E-state index in [1.807, 2.05) is 34.9 Å². The van der Waals surface area contributed by atoms with Crippen LogP contribution in [0.3, 0.4) is 0 Å². The lowest BCUT2D eigenvalue weighted by atomic mass is 10.2. The standard InChI is InChI=1S/C24H23ClN4O3/c25-19-9-4-5-10-20(19)27-24(31)21-15-26-22-16-28(12-13-29(21)22)23(30)11-6-14-32-17-18-7-2-1-3-8-18/h1-11,15H,12-14,16-17H2,(H,27,31)/b11-6+. The second kappa shape index (κ2) is 10.3. The van der Waals surface area contributed by atoms with E-state index >= 15 is 0 Å². The molecule has 2 aromatic carbocycles. The number of fused-ring (bicyclic) bond motifs is 1. The third kappa shape index (κ3) is 5.25. The molecule has 164 valence electrons. The average Bonchev–Trinajstić information content (AvgIpc) is 3.24. The number of para-hydroxylation sites is 1. The van der Waals surface area contributed by atoms with Crippen LogP contribution in [-0.2, 0) is 29.2 Å². The fourth-order valence-electron chi connectivity index (χ4n) is 3.45. The van der Waals surface area contributed by atoms with Gasteiger partial charge in [0.25, 0.3) is 5.91 Å². The van der Waals surface area contributed by atoms with Crippen molar-refractivity contribution in [2.45, 2.75) is 19.7 Å². The predicted octanol–water partition coefficient (Wildman–Crippen LogP) is 3.90. The summed E-state index contributed by atoms with van der Waals surface area (Å²) in [5.74, 6) is 0.277. The smallest absolute Gasteiger partial charge is 0.273 e. The van der Waals surface area contributed by atoms with Crippen molar-refractivity contribution in [2.24, 2.45) is 0 Å². The quantitative estimate of drug-likeness (QED) is 0.437. The normalized spacial score (nSPS) is 13.2. The lowest BCUT2D eigenvalue weighted by Crippen LogP contribution is -2.38. The Kier molecular flexibility index (Phi) is 6.99. The fourth-order valence-corrected chi connectivity index (χ4v) is 3.63. The molecule has 1 N–H and O–H groups in total. The lowest BCUT2D eigenvalue weighted by Gasteiger charge is -2.27. The number of hydrogen-bond donors (Lipinski definition) is 1. The molecule has 4 rings (SSSR count). The van der Waals surface area contributed by atoms with Gasteiger partial charge in [0.2, 0.25) is 5.91 Å². The molecule has 2 amide bonds. The molecule has 0 bridgehead atoms. The summed E-state index contributed by atoms with van der Waals surface area (Å²) >= 11 is 6.12. The van der Waals surface area contributed by atoms with E-state index in [9.17, 15) is 9.59 Å². The van der Waals surface area contributed by atoms with E-state index in [-0.39, 0.29) is 11.8 Å². The van der Waals surface area contributed by atoms with E-state index in [1.54, 1.807) is 35.2 Å². The number of carbonyl (C=O) groups excluding carboxylic acids is 2. The molecular weight excluding hydrogens is 428 g/mol. The molecule has 0 atom stereocenters. The van der Waals surface area contributed by atoms with Crippen molar-refractivity contribution in [1.29, 1.82) is 0 Å². The summed E-state index contributed by atoms with van der Waals surface area (Å²) in [7, 11) is 0. The van der Waals surface area contributed by atoms with Crippen molar-refractivity contribution in [3.63, 3.8) is 0 Å². The Morgan fingerprint density at radius 2 is 1.88 bits per heavy atom. The summed E-state index contributed by atoms with van der Waals surface area (Å²) in [6.07, 6.45) is 4.77. The average molecular weight is 451 g/mol. The Labute approximate surface area is 191 Å². The molecule has 0 radical (unpaired) electrons. The summed E-state index contributed by atoms with van der Waals surface area (Å²) < 4.78 is 7.41. The number of ether oxygens (including phenoxy) is 1. The van der Waals surface area contributed by atoms with Gasteiger partial charge in [-0.25, -0.2) is 4.98 Å². The van der Waals surface area contributed by atoms with Crippen LogP contribution in [0.15, 0.2) is 72.9 Å². The first-order valence-corrected chi connectivity index (χ1v) is 10.7. The number of nitrogens with one attached hydrogen (secondary N) is 1. The first-order valence-electron chi connectivity index (χ1n) is 10.3. The lowest BCUT2D eigenvalue weighted by molar-refractivity contribution is -0.127. The maximum Gasteiger partial charge on any atom is 0.273 e. The van der Waals surface area contributed by atoms with Crippen LogP contribution in [-0.4, -0.2) is 39.4 Å². The third-order valence-corrected chi connectivity index (χ3v) is 5.45. The Hall–Kier alpha value is -3.42. The number of nitrogens with zero attached hydrogens (tertiary/aromatic N) is 3. The molecule has 32 heavy (non-hydrogen) atoms. The van der Waals surface area contributed by atoms with Crippen LogP contribution < -0.4 is 5.32 Å². The molecule has 8 heteroatoms. The molecule has 0 saturated carbocycles. The van der Waals surface area contributed by atoms with Gasteiger partial charge in [-0.05, 0) is 17.7 Å². The van der Waals surface area contributed by atoms with Crippen LogP contribution >= 0.6 is 11.6 Å². The zero-order valence-electron chi connectivity index (χ0n) is 17.4. The molecule has 3 aromatic rings. The van der Waals surface area contributed by atoms with Gasteiger partial charge in [-0.15, -0.1) is 0 Å². The van der Waals surface area contributed by atoms with Gasteiger partial charge in [-0.2, -0.15) is 0 Å². The number of halogens is 1. The van der Waals surface area contributed by atoms with Gasteiger partial charge in [0, 0.05) is 19.2 Å². The highest BCUT2D eigenvalue weighted by Crippen LogP contribution is 2.22. The number of carbonyl (C=O) groups is 2. The minimum absolute atomic E-state index is 0.107. The highest BCUT2D eigenvalue weighted by atomic mass is 35.5. The molecule has 0 fully saturated rings. The largest absolute Gasteiger partial charge is 0.373 e. The van der Waals surface area contributed by atoms with Crippen molar-refractivity contribution in [3.8, 4) is 0 Å². The minimum Gasteiger partial charge on any atom is -0.373 e. The molecule has 1 aliphatic heterocycles. The topological polar surface area (TPSA) is 76.5 Å². The summed E-state index contributed by atoms with van der Waals surface area (Å²) in [5.41, 5.74) is 2.07. The van der Waals surface area contributed by atoms with Gasteiger partial charge in [0.1, 0.15) is 11.5 Å². The second-order valence-electron chi connectivity index (χ2n) is 7.31. The first-order chi connectivity index (χ1) is 15.6. The van der Waals surface area contributed by atoms with Crippen LogP contribution in [0.1, 0.15) is 21.9 Å². The third-order valence-electron chi connectivity index (χ3n) is 5.12. The van der Waals surface area contributed by atoms with E-state index in [2.05, 4.69) is 10.3 Å². The minimum atomic E-state index is -0.285. The number of benzene rings is 2. The zero-order valence-corrected chi connectivity index (χ0v) is 18.2. The zero-order chi connectivity index (χ0) is 22.3. The molecule has 0 saturated heterocycles. The number of rotatable bonds is 7. The molecule has 1 aromatic heterocycles. The molecule has 7 nitrogen and oxygen atoms in total. The van der Waals surface area contributed by atoms with Gasteiger partial charge in [-0.3, -0.25) is 9.59 Å². The predicted molar refractivity (Wildman–Crippen MR) is 122 cm³/mol. The van der Waals surface area contributed by atoms with E-state index in [0.29, 0.717) is 55.1 Å².